The van der Waals surface area contributed by atoms with Gasteiger partial charge in [-0.25, -0.2) is 4.79 Å². The molecule has 1 fully saturated rings. The minimum Gasteiger partial charge on any atom is -0.493 e. The second-order valence-electron chi connectivity index (χ2n) is 8.81. The quantitative estimate of drug-likeness (QED) is 0.532. The molecule has 1 saturated carbocycles. The number of hydrogen-bond acceptors (Lipinski definition) is 8. The van der Waals surface area contributed by atoms with E-state index in [1.165, 1.54) is 27.6 Å². The Morgan fingerprint density at radius 3 is 2.17 bits per heavy atom. The summed E-state index contributed by atoms with van der Waals surface area (Å²) in [6.45, 7) is 3.95. The third kappa shape index (κ3) is 5.21. The van der Waals surface area contributed by atoms with Gasteiger partial charge in [0, 0.05) is 6.42 Å². The van der Waals surface area contributed by atoms with Gasteiger partial charge in [0.15, 0.2) is 11.5 Å². The molecule has 0 aromatic heterocycles. The molecule has 2 aromatic carbocycles. The number of hydrogen-bond donors (Lipinski definition) is 0. The van der Waals surface area contributed by atoms with Crippen LogP contribution in [0.25, 0.3) is 0 Å². The molecule has 8 heteroatoms. The lowest BCUT2D eigenvalue weighted by Gasteiger charge is -2.36. The summed E-state index contributed by atoms with van der Waals surface area (Å²) in [6.07, 6.45) is 2.12. The molecule has 2 aliphatic rings. The van der Waals surface area contributed by atoms with Crippen molar-refractivity contribution < 1.29 is 38.0 Å². The number of allylic oxidation sites excluding steroid dienone is 1. The van der Waals surface area contributed by atoms with Crippen LogP contribution in [0.4, 0.5) is 0 Å². The maximum atomic E-state index is 13.1. The van der Waals surface area contributed by atoms with Crippen LogP contribution in [0, 0.1) is 19.8 Å². The van der Waals surface area contributed by atoms with E-state index in [0.717, 1.165) is 11.1 Å². The van der Waals surface area contributed by atoms with E-state index in [4.69, 9.17) is 28.4 Å². The van der Waals surface area contributed by atoms with Gasteiger partial charge in [-0.2, -0.15) is 0 Å². The first-order chi connectivity index (χ1) is 16.8. The molecule has 0 spiro atoms. The zero-order chi connectivity index (χ0) is 25.1. The molecule has 2 aromatic rings. The van der Waals surface area contributed by atoms with Crippen molar-refractivity contribution in [3.63, 3.8) is 0 Å². The van der Waals surface area contributed by atoms with Crippen molar-refractivity contribution in [1.29, 1.82) is 0 Å². The smallest absolute Gasteiger partial charge is 0.338 e. The fourth-order valence-electron chi connectivity index (χ4n) is 4.65. The SMILES string of the molecule is COc1cc(C(=O)OC2CCC3C(=O)C(Oc4cc(C)cc(C)c4)=COC3C2)cc(OC)c1OC. The van der Waals surface area contributed by atoms with Crippen LogP contribution >= 0.6 is 0 Å². The monoisotopic (exact) mass is 482 g/mol. The molecule has 3 atom stereocenters. The summed E-state index contributed by atoms with van der Waals surface area (Å²) >= 11 is 0. The van der Waals surface area contributed by atoms with Gasteiger partial charge in [0.25, 0.3) is 0 Å². The number of ketones is 1. The molecule has 0 N–H and O–H groups in total. The molecule has 4 rings (SSSR count). The number of esters is 1. The molecule has 1 heterocycles. The Kier molecular flexibility index (Phi) is 7.19. The van der Waals surface area contributed by atoms with Crippen LogP contribution in [-0.2, 0) is 14.3 Å². The number of fused-ring (bicyclic) bond motifs is 1. The minimum atomic E-state index is -0.510. The summed E-state index contributed by atoms with van der Waals surface area (Å²) in [5.41, 5.74) is 2.39. The van der Waals surface area contributed by atoms with Crippen molar-refractivity contribution >= 4 is 11.8 Å². The van der Waals surface area contributed by atoms with Crippen LogP contribution < -0.4 is 18.9 Å². The van der Waals surface area contributed by atoms with Gasteiger partial charge in [-0.1, -0.05) is 6.07 Å². The first-order valence-corrected chi connectivity index (χ1v) is 11.5. The third-order valence-electron chi connectivity index (χ3n) is 6.27. The number of benzene rings is 2. The molecular weight excluding hydrogens is 452 g/mol. The molecule has 0 radical (unpaired) electrons. The summed E-state index contributed by atoms with van der Waals surface area (Å²) in [5.74, 6) is 1.000. The number of rotatable bonds is 7. The minimum absolute atomic E-state index is 0.0881. The van der Waals surface area contributed by atoms with Crippen LogP contribution in [0.5, 0.6) is 23.0 Å². The predicted molar refractivity (Wildman–Crippen MR) is 127 cm³/mol. The van der Waals surface area contributed by atoms with E-state index >= 15 is 0 Å². The van der Waals surface area contributed by atoms with Crippen LogP contribution in [0.2, 0.25) is 0 Å². The molecule has 35 heavy (non-hydrogen) atoms. The molecule has 186 valence electrons. The van der Waals surface area contributed by atoms with Gasteiger partial charge in [-0.05, 0) is 62.1 Å². The van der Waals surface area contributed by atoms with Crippen molar-refractivity contribution in [1.82, 2.24) is 0 Å². The molecule has 1 aliphatic carbocycles. The molecule has 8 nitrogen and oxygen atoms in total. The van der Waals surface area contributed by atoms with E-state index in [1.54, 1.807) is 12.1 Å². The highest BCUT2D eigenvalue weighted by Crippen LogP contribution is 2.39. The highest BCUT2D eigenvalue weighted by molar-refractivity contribution is 5.96. The second-order valence-corrected chi connectivity index (χ2v) is 8.81. The number of ether oxygens (including phenoxy) is 6. The lowest BCUT2D eigenvalue weighted by Crippen LogP contribution is -2.43. The van der Waals surface area contributed by atoms with Gasteiger partial charge in [0.05, 0.1) is 32.8 Å². The molecular formula is C27H30O8. The van der Waals surface area contributed by atoms with Crippen molar-refractivity contribution in [3.05, 3.63) is 59.0 Å². The van der Waals surface area contributed by atoms with Gasteiger partial charge in [-0.3, -0.25) is 4.79 Å². The number of Topliss-reactive ketones (excluding diaryl/α,β-unsaturated/α-hetero) is 1. The highest BCUT2D eigenvalue weighted by Gasteiger charge is 2.42. The number of methoxy groups -OCH3 is 3. The fraction of sp³-hybridized carbons (Fsp3) is 0.407. The van der Waals surface area contributed by atoms with E-state index in [9.17, 15) is 9.59 Å². The fourth-order valence-corrected chi connectivity index (χ4v) is 4.65. The molecule has 1 aliphatic heterocycles. The third-order valence-corrected chi connectivity index (χ3v) is 6.27. The molecule has 0 saturated heterocycles. The van der Waals surface area contributed by atoms with Gasteiger partial charge < -0.3 is 28.4 Å². The van der Waals surface area contributed by atoms with E-state index in [1.807, 2.05) is 32.0 Å². The summed E-state index contributed by atoms with van der Waals surface area (Å²) in [6, 6.07) is 8.90. The largest absolute Gasteiger partial charge is 0.493 e. The van der Waals surface area contributed by atoms with E-state index in [0.29, 0.717) is 42.3 Å². The predicted octanol–water partition coefficient (Wildman–Crippen LogP) is 4.54. The van der Waals surface area contributed by atoms with Gasteiger partial charge in [0.2, 0.25) is 17.3 Å². The highest BCUT2D eigenvalue weighted by atomic mass is 16.6. The lowest BCUT2D eigenvalue weighted by atomic mass is 9.80. The second kappa shape index (κ2) is 10.3. The van der Waals surface area contributed by atoms with Crippen molar-refractivity contribution in [3.8, 4) is 23.0 Å². The Bertz CT molecular complexity index is 1110. The van der Waals surface area contributed by atoms with Gasteiger partial charge >= 0.3 is 5.97 Å². The van der Waals surface area contributed by atoms with Crippen LogP contribution in [-0.4, -0.2) is 45.3 Å². The average molecular weight is 483 g/mol. The zero-order valence-electron chi connectivity index (χ0n) is 20.6. The number of carbonyl (C=O) groups excluding carboxylic acids is 2. The van der Waals surface area contributed by atoms with Crippen molar-refractivity contribution in [2.75, 3.05) is 21.3 Å². The Morgan fingerprint density at radius 2 is 1.57 bits per heavy atom. The van der Waals surface area contributed by atoms with Gasteiger partial charge in [-0.15, -0.1) is 0 Å². The summed E-state index contributed by atoms with van der Waals surface area (Å²) in [4.78, 5) is 25.9. The van der Waals surface area contributed by atoms with Crippen LogP contribution in [0.3, 0.4) is 0 Å². The molecule has 0 amide bonds. The number of aryl methyl sites for hydroxylation is 2. The Morgan fingerprint density at radius 1 is 0.914 bits per heavy atom. The zero-order valence-corrected chi connectivity index (χ0v) is 20.6. The first-order valence-electron chi connectivity index (χ1n) is 11.5. The lowest BCUT2D eigenvalue weighted by molar-refractivity contribution is -0.132. The maximum Gasteiger partial charge on any atom is 0.338 e. The summed E-state index contributed by atoms with van der Waals surface area (Å²) in [7, 11) is 4.46. The molecule has 3 unspecified atom stereocenters. The summed E-state index contributed by atoms with van der Waals surface area (Å²) in [5, 5.41) is 0. The van der Waals surface area contributed by atoms with E-state index in [-0.39, 0.29) is 35.2 Å². The topological polar surface area (TPSA) is 89.5 Å². The van der Waals surface area contributed by atoms with Crippen LogP contribution in [0.1, 0.15) is 40.7 Å². The Hall–Kier alpha value is -3.68. The Labute approximate surface area is 204 Å². The van der Waals surface area contributed by atoms with Crippen molar-refractivity contribution in [2.45, 2.75) is 45.3 Å². The van der Waals surface area contributed by atoms with Crippen molar-refractivity contribution in [2.24, 2.45) is 5.92 Å². The van der Waals surface area contributed by atoms with E-state index < -0.39 is 5.97 Å². The standard InChI is InChI=1S/C27H30O8/c1-15-8-16(2)10-19(9-15)34-24-14-33-21-13-18(6-7-20(21)25(24)28)35-27(29)17-11-22(30-3)26(32-5)23(12-17)31-4/h8-12,14,18,20-21H,6-7,13H2,1-5H3. The molecule has 0 bridgehead atoms. The Balaban J connectivity index is 1.42. The normalized spacial score (nSPS) is 21.2. The van der Waals surface area contributed by atoms with Gasteiger partial charge in [0.1, 0.15) is 24.2 Å². The summed E-state index contributed by atoms with van der Waals surface area (Å²) < 4.78 is 33.4. The maximum absolute atomic E-state index is 13.1. The van der Waals surface area contributed by atoms with E-state index in [2.05, 4.69) is 0 Å². The average Bonchev–Trinajstić information content (AvgIpc) is 2.84. The first kappa shape index (κ1) is 24.4. The number of carbonyl (C=O) groups is 2. The van der Waals surface area contributed by atoms with Crippen LogP contribution in [0.15, 0.2) is 42.4 Å².